The summed E-state index contributed by atoms with van der Waals surface area (Å²) in [7, 11) is 3.87. The van der Waals surface area contributed by atoms with Gasteiger partial charge in [-0.1, -0.05) is 18.2 Å². The summed E-state index contributed by atoms with van der Waals surface area (Å²) >= 11 is 0. The molecule has 0 aliphatic heterocycles. The van der Waals surface area contributed by atoms with Crippen molar-refractivity contribution < 1.29 is 4.79 Å². The molecule has 2 aromatic heterocycles. The molecule has 0 aliphatic carbocycles. The summed E-state index contributed by atoms with van der Waals surface area (Å²) in [6.45, 7) is 0.415. The van der Waals surface area contributed by atoms with E-state index in [0.717, 1.165) is 28.3 Å². The zero-order valence-electron chi connectivity index (χ0n) is 14.2. The number of hydrogen-bond acceptors (Lipinski definition) is 4. The minimum atomic E-state index is -0.258. The van der Waals surface area contributed by atoms with Crippen LogP contribution in [0.4, 0.5) is 16.3 Å². The van der Waals surface area contributed by atoms with Crippen molar-refractivity contribution >= 4 is 17.5 Å². The second-order valence-corrected chi connectivity index (χ2v) is 5.77. The zero-order valence-corrected chi connectivity index (χ0v) is 14.2. The van der Waals surface area contributed by atoms with E-state index in [-0.39, 0.29) is 6.03 Å². The van der Waals surface area contributed by atoms with Crippen LogP contribution in [0, 0.1) is 0 Å². The first-order valence-corrected chi connectivity index (χ1v) is 7.89. The Morgan fingerprint density at radius 1 is 1.12 bits per heavy atom. The van der Waals surface area contributed by atoms with Crippen molar-refractivity contribution in [3.8, 4) is 11.3 Å². The number of nitrogens with one attached hydrogen (secondary N) is 3. The van der Waals surface area contributed by atoms with Crippen molar-refractivity contribution in [2.45, 2.75) is 6.54 Å². The number of anilines is 2. The van der Waals surface area contributed by atoms with Crippen molar-refractivity contribution in [1.29, 1.82) is 0 Å². The van der Waals surface area contributed by atoms with Gasteiger partial charge in [0.05, 0.1) is 5.69 Å². The predicted octanol–water partition coefficient (Wildman–Crippen LogP) is 2.86. The van der Waals surface area contributed by atoms with Gasteiger partial charge in [0, 0.05) is 38.7 Å². The van der Waals surface area contributed by atoms with E-state index in [2.05, 4.69) is 25.8 Å². The molecule has 128 valence electrons. The number of carbonyl (C=O) groups is 1. The van der Waals surface area contributed by atoms with Gasteiger partial charge in [-0.15, -0.1) is 0 Å². The first kappa shape index (κ1) is 16.5. The number of pyridine rings is 1. The second kappa shape index (κ2) is 7.48. The number of urea groups is 1. The molecule has 7 nitrogen and oxygen atoms in total. The lowest BCUT2D eigenvalue weighted by Gasteiger charge is -2.12. The molecule has 0 bridgehead atoms. The lowest BCUT2D eigenvalue weighted by molar-refractivity contribution is 0.251. The third kappa shape index (κ3) is 4.35. The largest absolute Gasteiger partial charge is 0.363 e. The molecule has 1 aromatic carbocycles. The molecule has 0 radical (unpaired) electrons. The predicted molar refractivity (Wildman–Crippen MR) is 98.4 cm³/mol. The summed E-state index contributed by atoms with van der Waals surface area (Å²) in [6, 6.07) is 13.0. The minimum absolute atomic E-state index is 0.258. The number of amides is 2. The maximum Gasteiger partial charge on any atom is 0.319 e. The van der Waals surface area contributed by atoms with Gasteiger partial charge in [0.15, 0.2) is 0 Å². The second-order valence-electron chi connectivity index (χ2n) is 5.77. The Hall–Kier alpha value is -3.35. The lowest BCUT2D eigenvalue weighted by Crippen LogP contribution is -2.28. The van der Waals surface area contributed by atoms with Crippen LogP contribution in [0.3, 0.4) is 0 Å². The van der Waals surface area contributed by atoms with Crippen LogP contribution in [0.1, 0.15) is 5.56 Å². The molecule has 0 saturated carbocycles. The van der Waals surface area contributed by atoms with Crippen LogP contribution in [0.25, 0.3) is 11.3 Å². The van der Waals surface area contributed by atoms with Gasteiger partial charge in [-0.25, -0.2) is 9.78 Å². The molecule has 0 fully saturated rings. The number of H-pyrrole nitrogens is 1. The normalized spacial score (nSPS) is 10.3. The molecular weight excluding hydrogens is 316 g/mol. The maximum atomic E-state index is 12.0. The Bertz CT molecular complexity index is 810. The molecular formula is C18H20N6O. The summed E-state index contributed by atoms with van der Waals surface area (Å²) < 4.78 is 0. The quantitative estimate of drug-likeness (QED) is 0.669. The molecule has 3 N–H and O–H groups in total. The van der Waals surface area contributed by atoms with E-state index in [1.807, 2.05) is 61.5 Å². The Morgan fingerprint density at radius 3 is 2.52 bits per heavy atom. The van der Waals surface area contributed by atoms with E-state index < -0.39 is 0 Å². The average molecular weight is 336 g/mol. The number of aromatic nitrogens is 3. The highest BCUT2D eigenvalue weighted by Gasteiger charge is 2.04. The Kier molecular flexibility index (Phi) is 4.94. The Morgan fingerprint density at radius 2 is 1.92 bits per heavy atom. The number of rotatable bonds is 5. The molecule has 0 aliphatic rings. The molecule has 0 spiro atoms. The standard InChI is InChI=1S/C18H20N6O/c1-24(2)17-8-3-13(11-19-17)12-20-18(25)22-15-6-4-14(5-7-15)16-9-10-21-23-16/h3-11H,12H2,1-2H3,(H,21,23)(H2,20,22,25). The van der Waals surface area contributed by atoms with E-state index in [4.69, 9.17) is 0 Å². The van der Waals surface area contributed by atoms with E-state index in [0.29, 0.717) is 6.54 Å². The van der Waals surface area contributed by atoms with Crippen LogP contribution in [-0.4, -0.2) is 35.3 Å². The van der Waals surface area contributed by atoms with E-state index in [1.165, 1.54) is 0 Å². The molecule has 7 heteroatoms. The van der Waals surface area contributed by atoms with Gasteiger partial charge in [-0.3, -0.25) is 5.10 Å². The Balaban J connectivity index is 1.52. The van der Waals surface area contributed by atoms with Gasteiger partial charge in [0.25, 0.3) is 0 Å². The molecule has 25 heavy (non-hydrogen) atoms. The summed E-state index contributed by atoms with van der Waals surface area (Å²) in [5.74, 6) is 0.880. The van der Waals surface area contributed by atoms with Crippen molar-refractivity contribution in [1.82, 2.24) is 20.5 Å². The number of benzene rings is 1. The van der Waals surface area contributed by atoms with Crippen LogP contribution in [0.15, 0.2) is 54.9 Å². The molecule has 2 amide bonds. The van der Waals surface area contributed by atoms with Gasteiger partial charge in [0.1, 0.15) is 5.82 Å². The average Bonchev–Trinajstić information content (AvgIpc) is 3.15. The highest BCUT2D eigenvalue weighted by atomic mass is 16.2. The number of hydrogen-bond donors (Lipinski definition) is 3. The maximum absolute atomic E-state index is 12.0. The summed E-state index contributed by atoms with van der Waals surface area (Å²) in [5, 5.41) is 12.5. The first-order valence-electron chi connectivity index (χ1n) is 7.89. The van der Waals surface area contributed by atoms with Gasteiger partial charge in [0.2, 0.25) is 0 Å². The number of aromatic amines is 1. The third-order valence-electron chi connectivity index (χ3n) is 3.67. The summed E-state index contributed by atoms with van der Waals surface area (Å²) in [6.07, 6.45) is 3.46. The highest BCUT2D eigenvalue weighted by Crippen LogP contribution is 2.18. The van der Waals surface area contributed by atoms with Crippen LogP contribution in [0.5, 0.6) is 0 Å². The van der Waals surface area contributed by atoms with Gasteiger partial charge in [-0.2, -0.15) is 5.10 Å². The van der Waals surface area contributed by atoms with Crippen molar-refractivity contribution in [3.63, 3.8) is 0 Å². The lowest BCUT2D eigenvalue weighted by atomic mass is 10.1. The molecule has 3 rings (SSSR count). The molecule has 3 aromatic rings. The number of carbonyl (C=O) groups excluding carboxylic acids is 1. The van der Waals surface area contributed by atoms with Gasteiger partial charge >= 0.3 is 6.03 Å². The minimum Gasteiger partial charge on any atom is -0.363 e. The van der Waals surface area contributed by atoms with E-state index >= 15 is 0 Å². The topological polar surface area (TPSA) is 85.9 Å². The monoisotopic (exact) mass is 336 g/mol. The SMILES string of the molecule is CN(C)c1ccc(CNC(=O)Nc2ccc(-c3ccn[nH]3)cc2)cn1. The van der Waals surface area contributed by atoms with Gasteiger partial charge in [-0.05, 0) is 35.4 Å². The van der Waals surface area contributed by atoms with E-state index in [1.54, 1.807) is 12.4 Å². The fourth-order valence-electron chi connectivity index (χ4n) is 2.29. The fraction of sp³-hybridized carbons (Fsp3) is 0.167. The van der Waals surface area contributed by atoms with Crippen LogP contribution in [0.2, 0.25) is 0 Å². The molecule has 0 saturated heterocycles. The summed E-state index contributed by atoms with van der Waals surface area (Å²) in [5.41, 5.74) is 3.61. The fourth-order valence-corrected chi connectivity index (χ4v) is 2.29. The number of nitrogens with zero attached hydrogens (tertiary/aromatic N) is 3. The first-order chi connectivity index (χ1) is 12.1. The van der Waals surface area contributed by atoms with Crippen LogP contribution in [-0.2, 0) is 6.54 Å². The summed E-state index contributed by atoms with van der Waals surface area (Å²) in [4.78, 5) is 18.3. The van der Waals surface area contributed by atoms with Crippen molar-refractivity contribution in [3.05, 3.63) is 60.4 Å². The van der Waals surface area contributed by atoms with Crippen molar-refractivity contribution in [2.24, 2.45) is 0 Å². The Labute approximate surface area is 146 Å². The highest BCUT2D eigenvalue weighted by molar-refractivity contribution is 5.89. The van der Waals surface area contributed by atoms with E-state index in [9.17, 15) is 4.79 Å². The zero-order chi connectivity index (χ0) is 17.6. The van der Waals surface area contributed by atoms with Crippen molar-refractivity contribution in [2.75, 3.05) is 24.3 Å². The third-order valence-corrected chi connectivity index (χ3v) is 3.67. The molecule has 0 atom stereocenters. The van der Waals surface area contributed by atoms with Gasteiger partial charge < -0.3 is 15.5 Å². The molecule has 2 heterocycles. The van der Waals surface area contributed by atoms with Crippen LogP contribution >= 0.6 is 0 Å². The smallest absolute Gasteiger partial charge is 0.319 e. The van der Waals surface area contributed by atoms with Crippen LogP contribution < -0.4 is 15.5 Å². The molecule has 0 unspecified atom stereocenters.